The molecule has 1 heterocycles. The Morgan fingerprint density at radius 2 is 2.39 bits per heavy atom. The van der Waals surface area contributed by atoms with Gasteiger partial charge in [0.25, 0.3) is 0 Å². The lowest BCUT2D eigenvalue weighted by Crippen LogP contribution is -2.12. The van der Waals surface area contributed by atoms with E-state index in [1.807, 2.05) is 0 Å². The molecule has 1 aliphatic rings. The highest BCUT2D eigenvalue weighted by molar-refractivity contribution is 5.91. The van der Waals surface area contributed by atoms with E-state index in [0.717, 1.165) is 18.6 Å². The van der Waals surface area contributed by atoms with Crippen LogP contribution in [0.15, 0.2) is 18.2 Å². The van der Waals surface area contributed by atoms with E-state index in [0.29, 0.717) is 19.0 Å². The van der Waals surface area contributed by atoms with Gasteiger partial charge in [-0.3, -0.25) is 0 Å². The lowest BCUT2D eigenvalue weighted by atomic mass is 10.1. The number of carbonyl (C=O) groups is 1. The summed E-state index contributed by atoms with van der Waals surface area (Å²) >= 11 is 0. The van der Waals surface area contributed by atoms with Crippen LogP contribution in [-0.2, 0) is 16.1 Å². The van der Waals surface area contributed by atoms with Crippen LogP contribution in [0, 0.1) is 0 Å². The summed E-state index contributed by atoms with van der Waals surface area (Å²) in [6, 6.07) is 5.03. The van der Waals surface area contributed by atoms with E-state index in [2.05, 4.69) is 0 Å². The van der Waals surface area contributed by atoms with Crippen molar-refractivity contribution in [1.29, 1.82) is 0 Å². The molecule has 0 bridgehead atoms. The van der Waals surface area contributed by atoms with E-state index in [9.17, 15) is 4.79 Å². The predicted octanol–water partition coefficient (Wildman–Crippen LogP) is 1.70. The molecule has 0 aromatic heterocycles. The van der Waals surface area contributed by atoms with Crippen molar-refractivity contribution in [3.05, 3.63) is 29.3 Å². The molecule has 1 aromatic rings. The molecule has 0 saturated carbocycles. The molecule has 5 heteroatoms. The molecular weight excluding hydrogens is 236 g/mol. The monoisotopic (exact) mass is 252 g/mol. The summed E-state index contributed by atoms with van der Waals surface area (Å²) in [7, 11) is 1.45. The topological polar surface area (TPSA) is 65.0 Å². The van der Waals surface area contributed by atoms with Gasteiger partial charge in [-0.05, 0) is 24.1 Å². The lowest BCUT2D eigenvalue weighted by molar-refractivity contribution is 0.0317. The summed E-state index contributed by atoms with van der Waals surface area (Å²) in [4.78, 5) is 11.1. The van der Waals surface area contributed by atoms with E-state index >= 15 is 0 Å². The van der Waals surface area contributed by atoms with E-state index in [1.165, 1.54) is 7.11 Å². The van der Waals surface area contributed by atoms with Crippen LogP contribution >= 0.6 is 0 Å². The van der Waals surface area contributed by atoms with Gasteiger partial charge in [-0.1, -0.05) is 6.07 Å². The van der Waals surface area contributed by atoms with Gasteiger partial charge >= 0.3 is 5.97 Å². The van der Waals surface area contributed by atoms with Crippen LogP contribution in [0.1, 0.15) is 22.3 Å². The Balaban J connectivity index is 2.04. The predicted molar refractivity (Wildman–Crippen MR) is 64.0 cm³/mol. The highest BCUT2D eigenvalue weighted by Gasteiger charge is 2.17. The third-order valence-corrected chi connectivity index (χ3v) is 2.87. The summed E-state index contributed by atoms with van der Waals surface area (Å²) in [5.74, 6) is -0.645. The van der Waals surface area contributed by atoms with Crippen LogP contribution in [0.4, 0.5) is 0 Å². The number of aromatic carboxylic acids is 1. The fourth-order valence-electron chi connectivity index (χ4n) is 1.87. The van der Waals surface area contributed by atoms with Gasteiger partial charge in [0.2, 0.25) is 0 Å². The molecule has 1 atom stereocenters. The van der Waals surface area contributed by atoms with Crippen molar-refractivity contribution in [2.75, 3.05) is 20.3 Å². The van der Waals surface area contributed by atoms with Crippen LogP contribution < -0.4 is 4.74 Å². The Labute approximate surface area is 105 Å². The average Bonchev–Trinajstić information content (AvgIpc) is 2.89. The van der Waals surface area contributed by atoms with Gasteiger partial charge in [-0.25, -0.2) is 4.79 Å². The van der Waals surface area contributed by atoms with Crippen LogP contribution in [-0.4, -0.2) is 37.5 Å². The minimum Gasteiger partial charge on any atom is -0.496 e. The normalized spacial score (nSPS) is 18.8. The number of ether oxygens (including phenoxy) is 3. The summed E-state index contributed by atoms with van der Waals surface area (Å²) in [5, 5.41) is 9.06. The molecule has 0 amide bonds. The molecule has 1 saturated heterocycles. The minimum absolute atomic E-state index is 0.111. The van der Waals surface area contributed by atoms with Crippen molar-refractivity contribution in [3.8, 4) is 5.75 Å². The first-order chi connectivity index (χ1) is 8.70. The molecule has 1 fully saturated rings. The largest absolute Gasteiger partial charge is 0.496 e. The number of benzene rings is 1. The number of carboxylic acids is 1. The third-order valence-electron chi connectivity index (χ3n) is 2.87. The van der Waals surface area contributed by atoms with Crippen molar-refractivity contribution in [2.45, 2.75) is 19.1 Å². The van der Waals surface area contributed by atoms with E-state index in [4.69, 9.17) is 19.3 Å². The van der Waals surface area contributed by atoms with Gasteiger partial charge in [0.1, 0.15) is 11.3 Å². The quantitative estimate of drug-likeness (QED) is 0.864. The maximum absolute atomic E-state index is 11.1. The first kappa shape index (κ1) is 12.9. The Morgan fingerprint density at radius 1 is 1.56 bits per heavy atom. The molecule has 5 nitrogen and oxygen atoms in total. The standard InChI is InChI=1S/C13H16O5/c1-16-12-3-2-9(6-11(12)13(14)15)7-18-10-4-5-17-8-10/h2-3,6,10H,4-5,7-8H2,1H3,(H,14,15). The maximum Gasteiger partial charge on any atom is 0.339 e. The molecule has 2 rings (SSSR count). The van der Waals surface area contributed by atoms with Crippen LogP contribution in [0.25, 0.3) is 0 Å². The zero-order chi connectivity index (χ0) is 13.0. The first-order valence-electron chi connectivity index (χ1n) is 5.80. The molecule has 1 N–H and O–H groups in total. The average molecular weight is 252 g/mol. The highest BCUT2D eigenvalue weighted by atomic mass is 16.5. The molecule has 1 aromatic carbocycles. The van der Waals surface area contributed by atoms with Crippen molar-refractivity contribution in [1.82, 2.24) is 0 Å². The Bertz CT molecular complexity index is 423. The minimum atomic E-state index is -1.00. The second kappa shape index (κ2) is 5.84. The van der Waals surface area contributed by atoms with Crippen LogP contribution in [0.2, 0.25) is 0 Å². The van der Waals surface area contributed by atoms with E-state index < -0.39 is 5.97 Å². The zero-order valence-corrected chi connectivity index (χ0v) is 10.2. The van der Waals surface area contributed by atoms with Crippen LogP contribution in [0.3, 0.4) is 0 Å². The van der Waals surface area contributed by atoms with Crippen molar-refractivity contribution in [3.63, 3.8) is 0 Å². The fraction of sp³-hybridized carbons (Fsp3) is 0.462. The van der Waals surface area contributed by atoms with Gasteiger partial charge in [-0.2, -0.15) is 0 Å². The number of rotatable bonds is 5. The van der Waals surface area contributed by atoms with Crippen LogP contribution in [0.5, 0.6) is 5.75 Å². The second-order valence-corrected chi connectivity index (χ2v) is 4.14. The summed E-state index contributed by atoms with van der Waals surface area (Å²) in [6.07, 6.45) is 1.00. The summed E-state index contributed by atoms with van der Waals surface area (Å²) < 4.78 is 15.8. The number of carboxylic acid groups (broad SMARTS) is 1. The van der Waals surface area contributed by atoms with Crippen molar-refractivity contribution >= 4 is 5.97 Å². The van der Waals surface area contributed by atoms with Gasteiger partial charge < -0.3 is 19.3 Å². The van der Waals surface area contributed by atoms with Crippen molar-refractivity contribution < 1.29 is 24.1 Å². The number of hydrogen-bond acceptors (Lipinski definition) is 4. The third kappa shape index (κ3) is 3.00. The molecule has 0 spiro atoms. The van der Waals surface area contributed by atoms with Crippen molar-refractivity contribution in [2.24, 2.45) is 0 Å². The molecule has 0 aliphatic carbocycles. The fourth-order valence-corrected chi connectivity index (χ4v) is 1.87. The summed E-state index contributed by atoms with van der Waals surface area (Å²) in [5.41, 5.74) is 0.973. The molecule has 1 unspecified atom stereocenters. The van der Waals surface area contributed by atoms with Gasteiger partial charge in [-0.15, -0.1) is 0 Å². The Hall–Kier alpha value is -1.59. The van der Waals surface area contributed by atoms with Gasteiger partial charge in [0, 0.05) is 6.61 Å². The second-order valence-electron chi connectivity index (χ2n) is 4.14. The van der Waals surface area contributed by atoms with E-state index in [1.54, 1.807) is 18.2 Å². The molecule has 18 heavy (non-hydrogen) atoms. The molecule has 1 aliphatic heterocycles. The van der Waals surface area contributed by atoms with Gasteiger partial charge in [0.05, 0.1) is 26.4 Å². The molecule has 98 valence electrons. The molecular formula is C13H16O5. The first-order valence-corrected chi connectivity index (χ1v) is 5.80. The number of methoxy groups -OCH3 is 1. The Morgan fingerprint density at radius 3 is 3.00 bits per heavy atom. The summed E-state index contributed by atoms with van der Waals surface area (Å²) in [6.45, 7) is 1.73. The zero-order valence-electron chi connectivity index (χ0n) is 10.2. The number of hydrogen-bond donors (Lipinski definition) is 1. The highest BCUT2D eigenvalue weighted by Crippen LogP contribution is 2.21. The van der Waals surface area contributed by atoms with E-state index in [-0.39, 0.29) is 11.7 Å². The Kier molecular flexibility index (Phi) is 4.17. The smallest absolute Gasteiger partial charge is 0.339 e. The SMILES string of the molecule is COc1ccc(COC2CCOC2)cc1C(=O)O. The molecule has 0 radical (unpaired) electrons. The lowest BCUT2D eigenvalue weighted by Gasteiger charge is -2.11. The maximum atomic E-state index is 11.1. The van der Waals surface area contributed by atoms with Gasteiger partial charge in [0.15, 0.2) is 0 Å².